The fourth-order valence-electron chi connectivity index (χ4n) is 1.55. The lowest BCUT2D eigenvalue weighted by Gasteiger charge is -2.08. The Labute approximate surface area is 101 Å². The zero-order valence-electron chi connectivity index (χ0n) is 9.40. The van der Waals surface area contributed by atoms with Crippen molar-refractivity contribution in [2.45, 2.75) is 6.18 Å². The van der Waals surface area contributed by atoms with E-state index in [-0.39, 0.29) is 11.4 Å². The average Bonchev–Trinajstić information content (AvgIpc) is 2.73. The van der Waals surface area contributed by atoms with Crippen LogP contribution in [0.5, 0.6) is 0 Å². The fraction of sp³-hybridized carbons (Fsp3) is 0.167. The summed E-state index contributed by atoms with van der Waals surface area (Å²) in [6, 6.07) is 4.30. The van der Waals surface area contributed by atoms with E-state index in [1.165, 1.54) is 22.9 Å². The van der Waals surface area contributed by atoms with E-state index in [0.717, 1.165) is 12.1 Å². The molecule has 0 radical (unpaired) electrons. The number of carbonyl (C=O) groups is 1. The van der Waals surface area contributed by atoms with Crippen molar-refractivity contribution in [1.82, 2.24) is 9.55 Å². The zero-order chi connectivity index (χ0) is 13.3. The van der Waals surface area contributed by atoms with E-state index in [4.69, 9.17) is 0 Å². The molecule has 1 aromatic carbocycles. The number of hydrogen-bond donors (Lipinski definition) is 0. The Hall–Kier alpha value is -2.11. The fourth-order valence-corrected chi connectivity index (χ4v) is 1.55. The molecule has 0 saturated heterocycles. The molecule has 3 nitrogen and oxygen atoms in total. The second-order valence-corrected chi connectivity index (χ2v) is 3.77. The van der Waals surface area contributed by atoms with Crippen LogP contribution < -0.4 is 0 Å². The van der Waals surface area contributed by atoms with Crippen LogP contribution in [0.15, 0.2) is 36.7 Å². The second-order valence-electron chi connectivity index (χ2n) is 3.77. The summed E-state index contributed by atoms with van der Waals surface area (Å²) in [5.74, 6) is -0.428. The lowest BCUT2D eigenvalue weighted by molar-refractivity contribution is -0.137. The minimum atomic E-state index is -4.46. The molecule has 0 N–H and O–H groups in total. The first-order chi connectivity index (χ1) is 8.39. The lowest BCUT2D eigenvalue weighted by atomic mass is 10.1. The predicted molar refractivity (Wildman–Crippen MR) is 58.1 cm³/mol. The van der Waals surface area contributed by atoms with E-state index in [2.05, 4.69) is 4.98 Å². The molecule has 0 fully saturated rings. The Bertz CT molecular complexity index is 587. The molecule has 1 heterocycles. The smallest absolute Gasteiger partial charge is 0.331 e. The van der Waals surface area contributed by atoms with Gasteiger partial charge in [0.25, 0.3) is 0 Å². The summed E-state index contributed by atoms with van der Waals surface area (Å²) in [5.41, 5.74) is -0.873. The standard InChI is InChI=1S/C12H9F3N2O/c1-17-6-5-16-11(17)10(18)8-3-2-4-9(7-8)12(13,14)15/h2-7H,1H3. The van der Waals surface area contributed by atoms with Crippen molar-refractivity contribution in [1.29, 1.82) is 0 Å². The van der Waals surface area contributed by atoms with Crippen molar-refractivity contribution >= 4 is 5.78 Å². The van der Waals surface area contributed by atoms with Crippen LogP contribution in [0.1, 0.15) is 21.7 Å². The van der Waals surface area contributed by atoms with Crippen LogP contribution in [0.25, 0.3) is 0 Å². The first kappa shape index (κ1) is 12.3. The number of aromatic nitrogens is 2. The first-order valence-electron chi connectivity index (χ1n) is 5.09. The number of carbonyl (C=O) groups excluding carboxylic acids is 1. The maximum atomic E-state index is 12.5. The highest BCUT2D eigenvalue weighted by Gasteiger charge is 2.31. The van der Waals surface area contributed by atoms with Crippen molar-refractivity contribution in [3.63, 3.8) is 0 Å². The highest BCUT2D eigenvalue weighted by atomic mass is 19.4. The number of halogens is 3. The lowest BCUT2D eigenvalue weighted by Crippen LogP contribution is -2.11. The number of hydrogen-bond acceptors (Lipinski definition) is 2. The summed E-state index contributed by atoms with van der Waals surface area (Å²) in [5, 5.41) is 0. The Kier molecular flexibility index (Phi) is 2.94. The number of rotatable bonds is 2. The van der Waals surface area contributed by atoms with Gasteiger partial charge in [0.05, 0.1) is 5.56 Å². The highest BCUT2D eigenvalue weighted by molar-refractivity contribution is 6.06. The number of aryl methyl sites for hydroxylation is 1. The normalized spacial score (nSPS) is 11.6. The third-order valence-corrected chi connectivity index (χ3v) is 2.48. The van der Waals surface area contributed by atoms with Crippen molar-refractivity contribution < 1.29 is 18.0 Å². The molecule has 0 aliphatic rings. The third-order valence-electron chi connectivity index (χ3n) is 2.48. The molecule has 0 bridgehead atoms. The Morgan fingerprint density at radius 3 is 2.61 bits per heavy atom. The van der Waals surface area contributed by atoms with Gasteiger partial charge in [-0.1, -0.05) is 12.1 Å². The topological polar surface area (TPSA) is 34.9 Å². The molecule has 0 unspecified atom stereocenters. The summed E-state index contributed by atoms with van der Waals surface area (Å²) in [6.07, 6.45) is -1.49. The number of alkyl halides is 3. The molecule has 6 heteroatoms. The van der Waals surface area contributed by atoms with Gasteiger partial charge in [-0.05, 0) is 12.1 Å². The van der Waals surface area contributed by atoms with Gasteiger partial charge in [-0.2, -0.15) is 13.2 Å². The molecule has 1 aromatic heterocycles. The van der Waals surface area contributed by atoms with Crippen LogP contribution in [-0.4, -0.2) is 15.3 Å². The van der Waals surface area contributed by atoms with Crippen LogP contribution in [-0.2, 0) is 13.2 Å². The van der Waals surface area contributed by atoms with Crippen LogP contribution in [0.2, 0.25) is 0 Å². The number of imidazole rings is 1. The average molecular weight is 254 g/mol. The van der Waals surface area contributed by atoms with Gasteiger partial charge in [0.15, 0.2) is 5.82 Å². The van der Waals surface area contributed by atoms with Gasteiger partial charge in [0.2, 0.25) is 5.78 Å². The van der Waals surface area contributed by atoms with Gasteiger partial charge in [-0.25, -0.2) is 4.98 Å². The third kappa shape index (κ3) is 2.27. The highest BCUT2D eigenvalue weighted by Crippen LogP contribution is 2.29. The van der Waals surface area contributed by atoms with Gasteiger partial charge in [0.1, 0.15) is 0 Å². The van der Waals surface area contributed by atoms with E-state index in [0.29, 0.717) is 0 Å². The number of nitrogens with zero attached hydrogens (tertiary/aromatic N) is 2. The molecule has 0 aliphatic heterocycles. The molecule has 0 aliphatic carbocycles. The maximum Gasteiger partial charge on any atom is 0.416 e. The Balaban J connectivity index is 2.41. The number of ketones is 1. The maximum absolute atomic E-state index is 12.5. The zero-order valence-corrected chi connectivity index (χ0v) is 9.40. The molecule has 0 amide bonds. The molecule has 94 valence electrons. The van der Waals surface area contributed by atoms with Crippen LogP contribution >= 0.6 is 0 Å². The predicted octanol–water partition coefficient (Wildman–Crippen LogP) is 2.67. The molecule has 2 rings (SSSR count). The van der Waals surface area contributed by atoms with Gasteiger partial charge in [0, 0.05) is 25.0 Å². The van der Waals surface area contributed by atoms with Crippen molar-refractivity contribution in [3.8, 4) is 0 Å². The van der Waals surface area contributed by atoms with Gasteiger partial charge in [-0.15, -0.1) is 0 Å². The van der Waals surface area contributed by atoms with E-state index >= 15 is 0 Å². The van der Waals surface area contributed by atoms with Crippen molar-refractivity contribution in [3.05, 3.63) is 53.6 Å². The molecular weight excluding hydrogens is 245 g/mol. The summed E-state index contributed by atoms with van der Waals surface area (Å²) in [4.78, 5) is 15.8. The van der Waals surface area contributed by atoms with E-state index in [1.54, 1.807) is 13.2 Å². The SMILES string of the molecule is Cn1ccnc1C(=O)c1cccc(C(F)(F)F)c1. The quantitative estimate of drug-likeness (QED) is 0.772. The van der Waals surface area contributed by atoms with Crippen LogP contribution in [0.4, 0.5) is 13.2 Å². The van der Waals surface area contributed by atoms with E-state index < -0.39 is 17.5 Å². The minimum Gasteiger partial charge on any atom is -0.331 e. The monoisotopic (exact) mass is 254 g/mol. The largest absolute Gasteiger partial charge is 0.416 e. The number of benzene rings is 1. The molecule has 0 spiro atoms. The summed E-state index contributed by atoms with van der Waals surface area (Å²) in [6.45, 7) is 0. The van der Waals surface area contributed by atoms with Crippen LogP contribution in [0.3, 0.4) is 0 Å². The molecule has 2 aromatic rings. The van der Waals surface area contributed by atoms with Gasteiger partial charge in [-0.3, -0.25) is 4.79 Å². The molecular formula is C12H9F3N2O. The van der Waals surface area contributed by atoms with E-state index in [1.807, 2.05) is 0 Å². The molecule has 0 atom stereocenters. The van der Waals surface area contributed by atoms with Gasteiger partial charge >= 0.3 is 6.18 Å². The molecule has 18 heavy (non-hydrogen) atoms. The van der Waals surface area contributed by atoms with Crippen molar-refractivity contribution in [2.24, 2.45) is 7.05 Å². The van der Waals surface area contributed by atoms with Gasteiger partial charge < -0.3 is 4.57 Å². The molecule has 0 saturated carbocycles. The van der Waals surface area contributed by atoms with E-state index in [9.17, 15) is 18.0 Å². The Morgan fingerprint density at radius 1 is 1.33 bits per heavy atom. The summed E-state index contributed by atoms with van der Waals surface area (Å²) in [7, 11) is 1.61. The van der Waals surface area contributed by atoms with Crippen LogP contribution in [0, 0.1) is 0 Å². The minimum absolute atomic E-state index is 0.0286. The summed E-state index contributed by atoms with van der Waals surface area (Å²) < 4.78 is 39.0. The Morgan fingerprint density at radius 2 is 2.06 bits per heavy atom. The summed E-state index contributed by atoms with van der Waals surface area (Å²) >= 11 is 0. The second kappa shape index (κ2) is 4.29. The first-order valence-corrected chi connectivity index (χ1v) is 5.09. The van der Waals surface area contributed by atoms with Crippen molar-refractivity contribution in [2.75, 3.05) is 0 Å².